The molecule has 2 rings (SSSR count). The van der Waals surface area contributed by atoms with Crippen LogP contribution in [0.3, 0.4) is 0 Å². The van der Waals surface area contributed by atoms with E-state index in [1.165, 1.54) is 70.9 Å². The Bertz CT molecular complexity index is 301. The van der Waals surface area contributed by atoms with Gasteiger partial charge in [-0.25, -0.2) is 0 Å². The number of rotatable bonds is 6. The van der Waals surface area contributed by atoms with E-state index >= 15 is 0 Å². The summed E-state index contributed by atoms with van der Waals surface area (Å²) in [5.74, 6) is 7.75. The molecule has 4 unspecified atom stereocenters. The molecule has 2 fully saturated rings. The fourth-order valence-electron chi connectivity index (χ4n) is 4.87. The molecule has 1 saturated heterocycles. The summed E-state index contributed by atoms with van der Waals surface area (Å²) >= 11 is 0. The van der Waals surface area contributed by atoms with E-state index < -0.39 is 0 Å². The highest BCUT2D eigenvalue weighted by atomic mass is 15.3. The average Bonchev–Trinajstić information content (AvgIpc) is 2.56. The number of hydrogen-bond acceptors (Lipinski definition) is 3. The number of piperidine rings is 1. The molecule has 0 aromatic rings. The van der Waals surface area contributed by atoms with E-state index in [1.54, 1.807) is 0 Å². The minimum absolute atomic E-state index is 0.218. The van der Waals surface area contributed by atoms with Crippen LogP contribution in [-0.4, -0.2) is 29.6 Å². The molecule has 3 nitrogen and oxygen atoms in total. The number of nitrogens with two attached hydrogens (primary N) is 1. The van der Waals surface area contributed by atoms with Crippen LogP contribution in [0.15, 0.2) is 0 Å². The number of hydrogen-bond donors (Lipinski definition) is 2. The smallest absolute Gasteiger partial charge is 0.0420 e. The van der Waals surface area contributed by atoms with Crippen LogP contribution in [0.4, 0.5) is 0 Å². The Hall–Kier alpha value is -0.120. The predicted octanol–water partition coefficient (Wildman–Crippen LogP) is 3.69. The normalized spacial score (nSPS) is 32.6. The molecule has 0 aromatic heterocycles. The molecule has 0 aromatic carbocycles. The fraction of sp³-hybridized carbons (Fsp3) is 1.00. The van der Waals surface area contributed by atoms with E-state index in [0.29, 0.717) is 6.04 Å². The summed E-state index contributed by atoms with van der Waals surface area (Å²) in [6, 6.07) is 0.440. The lowest BCUT2D eigenvalue weighted by Gasteiger charge is -2.51. The molecule has 4 atom stereocenters. The zero-order valence-electron chi connectivity index (χ0n) is 14.5. The van der Waals surface area contributed by atoms with E-state index in [1.807, 2.05) is 0 Å². The first-order valence-electron chi connectivity index (χ1n) is 9.36. The molecular weight excluding hydrogens is 258 g/mol. The van der Waals surface area contributed by atoms with Crippen LogP contribution >= 0.6 is 0 Å². The largest absolute Gasteiger partial charge is 0.296 e. The van der Waals surface area contributed by atoms with E-state index in [-0.39, 0.29) is 5.54 Å². The lowest BCUT2D eigenvalue weighted by atomic mass is 9.70. The van der Waals surface area contributed by atoms with Crippen molar-refractivity contribution in [2.75, 3.05) is 13.1 Å². The Balaban J connectivity index is 2.11. The van der Waals surface area contributed by atoms with Gasteiger partial charge in [-0.2, -0.15) is 0 Å². The second-order valence-electron chi connectivity index (χ2n) is 7.60. The maximum absolute atomic E-state index is 6.08. The zero-order chi connectivity index (χ0) is 15.3. The SMILES string of the molecule is CCC1CCCC(C(NN)C(C)(CC)N2CCCCC2)C1. The maximum atomic E-state index is 6.08. The van der Waals surface area contributed by atoms with E-state index in [9.17, 15) is 0 Å². The fourth-order valence-corrected chi connectivity index (χ4v) is 4.87. The van der Waals surface area contributed by atoms with Gasteiger partial charge in [0, 0.05) is 11.6 Å². The van der Waals surface area contributed by atoms with Crippen molar-refractivity contribution < 1.29 is 0 Å². The van der Waals surface area contributed by atoms with Crippen molar-refractivity contribution in [1.82, 2.24) is 10.3 Å². The standard InChI is InChI=1S/C18H37N3/c1-4-15-10-9-11-16(14-15)17(20-19)18(3,5-2)21-12-7-6-8-13-21/h15-17,20H,4-14,19H2,1-3H3. The third-order valence-electron chi connectivity index (χ3n) is 6.52. The Kier molecular flexibility index (Phi) is 6.51. The number of nitrogens with zero attached hydrogens (tertiary/aromatic N) is 1. The summed E-state index contributed by atoms with van der Waals surface area (Å²) in [5.41, 5.74) is 3.48. The van der Waals surface area contributed by atoms with Gasteiger partial charge in [0.1, 0.15) is 0 Å². The Labute approximate surface area is 132 Å². The summed E-state index contributed by atoms with van der Waals surface area (Å²) in [6.07, 6.45) is 12.2. The predicted molar refractivity (Wildman–Crippen MR) is 91.0 cm³/mol. The van der Waals surface area contributed by atoms with Gasteiger partial charge in [0.15, 0.2) is 0 Å². The van der Waals surface area contributed by atoms with Crippen molar-refractivity contribution in [2.24, 2.45) is 17.7 Å². The number of nitrogens with one attached hydrogen (secondary N) is 1. The quantitative estimate of drug-likeness (QED) is 0.580. The summed E-state index contributed by atoms with van der Waals surface area (Å²) in [5, 5.41) is 0. The van der Waals surface area contributed by atoms with Gasteiger partial charge in [-0.3, -0.25) is 16.2 Å². The number of hydrazine groups is 1. The first-order valence-corrected chi connectivity index (χ1v) is 9.36. The van der Waals surface area contributed by atoms with Crippen molar-refractivity contribution in [2.45, 2.75) is 90.1 Å². The summed E-state index contributed by atoms with van der Waals surface area (Å²) in [4.78, 5) is 2.73. The van der Waals surface area contributed by atoms with E-state index in [4.69, 9.17) is 5.84 Å². The molecule has 3 heteroatoms. The van der Waals surface area contributed by atoms with Gasteiger partial charge >= 0.3 is 0 Å². The first-order chi connectivity index (χ1) is 10.2. The van der Waals surface area contributed by atoms with Crippen LogP contribution in [0.25, 0.3) is 0 Å². The molecule has 0 bridgehead atoms. The lowest BCUT2D eigenvalue weighted by Crippen LogP contribution is -2.64. The molecule has 0 radical (unpaired) electrons. The van der Waals surface area contributed by atoms with Gasteiger partial charge in [0.05, 0.1) is 0 Å². The van der Waals surface area contributed by atoms with Gasteiger partial charge in [0.2, 0.25) is 0 Å². The van der Waals surface area contributed by atoms with Gasteiger partial charge in [-0.15, -0.1) is 0 Å². The molecule has 1 aliphatic heterocycles. The highest BCUT2D eigenvalue weighted by molar-refractivity contribution is 5.00. The molecule has 1 saturated carbocycles. The van der Waals surface area contributed by atoms with Gasteiger partial charge in [-0.1, -0.05) is 39.5 Å². The van der Waals surface area contributed by atoms with E-state index in [2.05, 4.69) is 31.1 Å². The minimum atomic E-state index is 0.218. The van der Waals surface area contributed by atoms with Gasteiger partial charge < -0.3 is 0 Å². The van der Waals surface area contributed by atoms with Crippen LogP contribution in [-0.2, 0) is 0 Å². The highest BCUT2D eigenvalue weighted by Crippen LogP contribution is 2.39. The molecule has 1 heterocycles. The monoisotopic (exact) mass is 295 g/mol. The topological polar surface area (TPSA) is 41.3 Å². The Morgan fingerprint density at radius 1 is 1.14 bits per heavy atom. The van der Waals surface area contributed by atoms with Crippen molar-refractivity contribution in [3.63, 3.8) is 0 Å². The number of likely N-dealkylation sites (tertiary alicyclic amines) is 1. The second-order valence-corrected chi connectivity index (χ2v) is 7.60. The van der Waals surface area contributed by atoms with Crippen LogP contribution in [0.1, 0.15) is 78.6 Å². The molecular formula is C18H37N3. The van der Waals surface area contributed by atoms with Crippen LogP contribution < -0.4 is 11.3 Å². The molecule has 0 amide bonds. The van der Waals surface area contributed by atoms with Crippen molar-refractivity contribution in [3.05, 3.63) is 0 Å². The Morgan fingerprint density at radius 3 is 2.43 bits per heavy atom. The first kappa shape index (κ1) is 17.2. The lowest BCUT2D eigenvalue weighted by molar-refractivity contribution is 0.0109. The van der Waals surface area contributed by atoms with Crippen molar-refractivity contribution in [3.8, 4) is 0 Å². The summed E-state index contributed by atoms with van der Waals surface area (Å²) in [6.45, 7) is 9.66. The molecule has 3 N–H and O–H groups in total. The average molecular weight is 296 g/mol. The zero-order valence-corrected chi connectivity index (χ0v) is 14.5. The van der Waals surface area contributed by atoms with Crippen LogP contribution in [0, 0.1) is 11.8 Å². The maximum Gasteiger partial charge on any atom is 0.0420 e. The van der Waals surface area contributed by atoms with E-state index in [0.717, 1.165) is 11.8 Å². The summed E-state index contributed by atoms with van der Waals surface area (Å²) in [7, 11) is 0. The molecule has 0 spiro atoms. The van der Waals surface area contributed by atoms with Gasteiger partial charge in [0.25, 0.3) is 0 Å². The third-order valence-corrected chi connectivity index (χ3v) is 6.52. The molecule has 1 aliphatic carbocycles. The molecule has 21 heavy (non-hydrogen) atoms. The summed E-state index contributed by atoms with van der Waals surface area (Å²) < 4.78 is 0. The molecule has 2 aliphatic rings. The molecule has 124 valence electrons. The second kappa shape index (κ2) is 7.94. The van der Waals surface area contributed by atoms with Gasteiger partial charge in [-0.05, 0) is 64.0 Å². The highest BCUT2D eigenvalue weighted by Gasteiger charge is 2.43. The van der Waals surface area contributed by atoms with Crippen molar-refractivity contribution in [1.29, 1.82) is 0 Å². The minimum Gasteiger partial charge on any atom is -0.296 e. The Morgan fingerprint density at radius 2 is 1.86 bits per heavy atom. The van der Waals surface area contributed by atoms with Crippen molar-refractivity contribution >= 4 is 0 Å². The third kappa shape index (κ3) is 3.80. The van der Waals surface area contributed by atoms with Crippen LogP contribution in [0.5, 0.6) is 0 Å². The van der Waals surface area contributed by atoms with Crippen LogP contribution in [0.2, 0.25) is 0 Å².